The van der Waals surface area contributed by atoms with E-state index in [-0.39, 0.29) is 18.4 Å². The van der Waals surface area contributed by atoms with E-state index in [0.29, 0.717) is 47.8 Å². The van der Waals surface area contributed by atoms with Gasteiger partial charge in [-0.25, -0.2) is 0 Å². The van der Waals surface area contributed by atoms with Crippen molar-refractivity contribution < 1.29 is 18.7 Å². The highest BCUT2D eigenvalue weighted by molar-refractivity contribution is 8.26. The molecule has 0 saturated carbocycles. The summed E-state index contributed by atoms with van der Waals surface area (Å²) in [5.74, 6) is 0.601. The zero-order valence-corrected chi connectivity index (χ0v) is 18.9. The van der Waals surface area contributed by atoms with E-state index in [1.165, 1.54) is 11.8 Å². The van der Waals surface area contributed by atoms with Gasteiger partial charge in [0.15, 0.2) is 0 Å². The van der Waals surface area contributed by atoms with Crippen LogP contribution in [-0.4, -0.2) is 56.8 Å². The number of aromatic nitrogens is 1. The molecule has 1 aromatic carbocycles. The number of benzene rings is 1. The number of hydrogen-bond acceptors (Lipinski definition) is 6. The van der Waals surface area contributed by atoms with E-state index in [1.54, 1.807) is 17.2 Å². The van der Waals surface area contributed by atoms with E-state index in [2.05, 4.69) is 0 Å². The van der Waals surface area contributed by atoms with Crippen molar-refractivity contribution in [3.63, 3.8) is 0 Å². The predicted molar refractivity (Wildman–Crippen MR) is 127 cm³/mol. The van der Waals surface area contributed by atoms with E-state index >= 15 is 0 Å². The minimum Gasteiger partial charge on any atom is -0.467 e. The molecule has 5 rings (SSSR count). The third-order valence-corrected chi connectivity index (χ3v) is 6.92. The van der Waals surface area contributed by atoms with E-state index in [0.717, 1.165) is 16.5 Å². The van der Waals surface area contributed by atoms with Crippen LogP contribution >= 0.6 is 24.0 Å². The maximum absolute atomic E-state index is 13.0. The lowest BCUT2D eigenvalue weighted by atomic mass is 10.1. The number of hydrogen-bond donors (Lipinski definition) is 0. The Kier molecular flexibility index (Phi) is 5.86. The Morgan fingerprint density at radius 1 is 1.16 bits per heavy atom. The Morgan fingerprint density at radius 3 is 2.75 bits per heavy atom. The van der Waals surface area contributed by atoms with Gasteiger partial charge in [0.2, 0.25) is 5.91 Å². The summed E-state index contributed by atoms with van der Waals surface area (Å²) in [7, 11) is 0. The molecule has 9 heteroatoms. The first-order valence-corrected chi connectivity index (χ1v) is 11.5. The topological polar surface area (TPSA) is 67.9 Å². The van der Waals surface area contributed by atoms with Crippen molar-refractivity contribution in [2.75, 3.05) is 26.3 Å². The van der Waals surface area contributed by atoms with Crippen LogP contribution in [0.2, 0.25) is 0 Å². The number of para-hydroxylation sites is 1. The third kappa shape index (κ3) is 4.11. The number of carbonyl (C=O) groups is 2. The molecule has 32 heavy (non-hydrogen) atoms. The fraction of sp³-hybridized carbons (Fsp3) is 0.261. The molecule has 0 unspecified atom stereocenters. The van der Waals surface area contributed by atoms with Gasteiger partial charge >= 0.3 is 0 Å². The molecule has 4 heterocycles. The van der Waals surface area contributed by atoms with Gasteiger partial charge in [0.05, 0.1) is 30.9 Å². The van der Waals surface area contributed by atoms with Gasteiger partial charge in [-0.1, -0.05) is 42.2 Å². The number of amides is 2. The maximum atomic E-state index is 13.0. The molecule has 3 aromatic rings. The highest BCUT2D eigenvalue weighted by Crippen LogP contribution is 2.35. The van der Waals surface area contributed by atoms with E-state index < -0.39 is 0 Å². The summed E-state index contributed by atoms with van der Waals surface area (Å²) in [4.78, 5) is 29.7. The van der Waals surface area contributed by atoms with Crippen molar-refractivity contribution in [3.05, 3.63) is 65.1 Å². The second-order valence-corrected chi connectivity index (χ2v) is 9.25. The first-order valence-electron chi connectivity index (χ1n) is 10.3. The second kappa shape index (κ2) is 8.93. The molecule has 0 spiro atoms. The van der Waals surface area contributed by atoms with Crippen molar-refractivity contribution in [2.45, 2.75) is 13.1 Å². The largest absolute Gasteiger partial charge is 0.467 e. The van der Waals surface area contributed by atoms with E-state index in [4.69, 9.17) is 21.4 Å². The molecule has 164 valence electrons. The van der Waals surface area contributed by atoms with Crippen molar-refractivity contribution in [1.29, 1.82) is 0 Å². The number of morpholine rings is 1. The normalized spacial score (nSPS) is 18.3. The van der Waals surface area contributed by atoms with Gasteiger partial charge in [0.1, 0.15) is 16.6 Å². The fourth-order valence-electron chi connectivity index (χ4n) is 3.92. The lowest BCUT2D eigenvalue weighted by molar-refractivity contribution is -0.135. The average molecular weight is 468 g/mol. The highest BCUT2D eigenvalue weighted by Gasteiger charge is 2.33. The molecule has 7 nitrogen and oxygen atoms in total. The molecule has 0 aliphatic carbocycles. The van der Waals surface area contributed by atoms with Crippen molar-refractivity contribution in [1.82, 2.24) is 14.4 Å². The summed E-state index contributed by atoms with van der Waals surface area (Å²) in [5.41, 5.74) is 1.83. The lowest BCUT2D eigenvalue weighted by Crippen LogP contribution is -2.42. The zero-order valence-electron chi connectivity index (χ0n) is 17.2. The first kappa shape index (κ1) is 21.0. The van der Waals surface area contributed by atoms with Crippen molar-refractivity contribution >= 4 is 57.1 Å². The van der Waals surface area contributed by atoms with E-state index in [9.17, 15) is 9.59 Å². The summed E-state index contributed by atoms with van der Waals surface area (Å²) in [6.45, 7) is 2.93. The van der Waals surface area contributed by atoms with Gasteiger partial charge in [-0.05, 0) is 24.3 Å². The second-order valence-electron chi connectivity index (χ2n) is 7.57. The Balaban J connectivity index is 1.42. The molecule has 2 saturated heterocycles. The summed E-state index contributed by atoms with van der Waals surface area (Å²) in [6, 6.07) is 11.5. The predicted octanol–water partition coefficient (Wildman–Crippen LogP) is 3.49. The Bertz CT molecular complexity index is 1210. The molecule has 2 aromatic heterocycles. The Hall–Kier alpha value is -2.88. The van der Waals surface area contributed by atoms with Gasteiger partial charge in [0, 0.05) is 35.8 Å². The molecular weight excluding hydrogens is 446 g/mol. The van der Waals surface area contributed by atoms with Crippen molar-refractivity contribution in [3.8, 4) is 0 Å². The van der Waals surface area contributed by atoms with Gasteiger partial charge < -0.3 is 18.6 Å². The third-order valence-electron chi connectivity index (χ3n) is 5.54. The molecule has 2 aliphatic heterocycles. The summed E-state index contributed by atoms with van der Waals surface area (Å²) >= 11 is 6.72. The standard InChI is InChI=1S/C23H21N3O4S2/c27-21(24-7-10-29-11-8-24)15-25-13-16(18-5-1-2-6-19(18)25)12-20-22(28)26(23(31)32-20)14-17-4-3-9-30-17/h1-6,9,12-13H,7-8,10-11,14-15H2/b20-12-. The minimum absolute atomic E-state index is 0.0605. The molecule has 2 amide bonds. The van der Waals surface area contributed by atoms with Crippen molar-refractivity contribution in [2.24, 2.45) is 0 Å². The number of furan rings is 1. The molecule has 2 aliphatic rings. The van der Waals surface area contributed by atoms with Crippen LogP contribution in [0, 0.1) is 0 Å². The van der Waals surface area contributed by atoms with Gasteiger partial charge in [-0.2, -0.15) is 0 Å². The molecule has 0 radical (unpaired) electrons. The quantitative estimate of drug-likeness (QED) is 0.423. The van der Waals surface area contributed by atoms with Crippen LogP contribution in [0.4, 0.5) is 0 Å². The Morgan fingerprint density at radius 2 is 1.97 bits per heavy atom. The Labute approximate surface area is 194 Å². The molecule has 2 fully saturated rings. The first-order chi connectivity index (χ1) is 15.6. The smallest absolute Gasteiger partial charge is 0.266 e. The monoisotopic (exact) mass is 467 g/mol. The van der Waals surface area contributed by atoms with Crippen LogP contribution < -0.4 is 0 Å². The van der Waals surface area contributed by atoms with Crippen LogP contribution in [0.1, 0.15) is 11.3 Å². The minimum atomic E-state index is -0.141. The fourth-order valence-corrected chi connectivity index (χ4v) is 5.16. The highest BCUT2D eigenvalue weighted by atomic mass is 32.2. The number of ether oxygens (including phenoxy) is 1. The molecule has 0 bridgehead atoms. The number of rotatable bonds is 5. The van der Waals surface area contributed by atoms with Gasteiger partial charge in [-0.15, -0.1) is 0 Å². The van der Waals surface area contributed by atoms with Gasteiger partial charge in [-0.3, -0.25) is 14.5 Å². The molecular formula is C23H21N3O4S2. The van der Waals surface area contributed by atoms with Crippen LogP contribution in [0.25, 0.3) is 17.0 Å². The summed E-state index contributed by atoms with van der Waals surface area (Å²) in [5, 5.41) is 0.985. The van der Waals surface area contributed by atoms with Crippen LogP contribution in [0.5, 0.6) is 0 Å². The maximum Gasteiger partial charge on any atom is 0.266 e. The number of fused-ring (bicyclic) bond motifs is 1. The van der Waals surface area contributed by atoms with Crippen LogP contribution in [0.3, 0.4) is 0 Å². The SMILES string of the molecule is O=C(Cn1cc(/C=C2\SC(=S)N(Cc3ccco3)C2=O)c2ccccc21)N1CCOCC1. The number of thiocarbonyl (C=S) groups is 1. The lowest BCUT2D eigenvalue weighted by Gasteiger charge is -2.27. The van der Waals surface area contributed by atoms with E-state index in [1.807, 2.05) is 52.1 Å². The molecule has 0 atom stereocenters. The van der Waals surface area contributed by atoms with Crippen LogP contribution in [-0.2, 0) is 27.4 Å². The summed E-state index contributed by atoms with van der Waals surface area (Å²) < 4.78 is 13.2. The number of nitrogens with zero attached hydrogens (tertiary/aromatic N) is 3. The summed E-state index contributed by atoms with van der Waals surface area (Å²) in [6.07, 6.45) is 5.37. The van der Waals surface area contributed by atoms with Gasteiger partial charge in [0.25, 0.3) is 5.91 Å². The average Bonchev–Trinajstić information content (AvgIpc) is 3.51. The number of thioether (sulfide) groups is 1. The van der Waals surface area contributed by atoms with Crippen LogP contribution in [0.15, 0.2) is 58.2 Å². The molecule has 0 N–H and O–H groups in total. The zero-order chi connectivity index (χ0) is 22.1. The number of carbonyl (C=O) groups excluding carboxylic acids is 2.